The van der Waals surface area contributed by atoms with Gasteiger partial charge in [-0.25, -0.2) is 0 Å². The van der Waals surface area contributed by atoms with Gasteiger partial charge in [0.05, 0.1) is 5.92 Å². The molecule has 2 N–H and O–H groups in total. The first-order chi connectivity index (χ1) is 7.25. The van der Waals surface area contributed by atoms with Crippen molar-refractivity contribution in [2.45, 2.75) is 51.6 Å². The minimum absolute atomic E-state index is 0.331. The van der Waals surface area contributed by atoms with E-state index in [-0.39, 0.29) is 12.0 Å². The van der Waals surface area contributed by atoms with Gasteiger partial charge in [0.1, 0.15) is 6.09 Å². The third kappa shape index (κ3) is 2.46. The minimum Gasteiger partial charge on any atom is -0.530 e. The van der Waals surface area contributed by atoms with Gasteiger partial charge in [0.25, 0.3) is 0 Å². The lowest BCUT2D eigenvalue weighted by Crippen LogP contribution is -2.58. The molecule has 1 saturated carbocycles. The molecule has 2 amide bonds. The van der Waals surface area contributed by atoms with Gasteiger partial charge in [0.2, 0.25) is 5.91 Å². The second-order valence-corrected chi connectivity index (χ2v) is 5.31. The Morgan fingerprint density at radius 2 is 1.88 bits per heavy atom. The van der Waals surface area contributed by atoms with Crippen LogP contribution in [-0.4, -0.2) is 28.5 Å². The predicted molar refractivity (Wildman–Crippen MR) is 57.3 cm³/mol. The minimum atomic E-state index is -1.23. The summed E-state index contributed by atoms with van der Waals surface area (Å²) in [7, 11) is 0. The summed E-state index contributed by atoms with van der Waals surface area (Å²) in [4.78, 5) is 23.7. The number of primary amides is 1. The van der Waals surface area contributed by atoms with Crippen molar-refractivity contribution in [1.82, 2.24) is 4.90 Å². The second kappa shape index (κ2) is 4.31. The molecule has 16 heavy (non-hydrogen) atoms. The van der Waals surface area contributed by atoms with Crippen molar-refractivity contribution in [3.63, 3.8) is 0 Å². The lowest BCUT2D eigenvalue weighted by Gasteiger charge is -2.44. The number of rotatable bonds is 2. The van der Waals surface area contributed by atoms with Crippen LogP contribution >= 0.6 is 0 Å². The zero-order valence-corrected chi connectivity index (χ0v) is 10.0. The van der Waals surface area contributed by atoms with Gasteiger partial charge in [-0.15, -0.1) is 0 Å². The van der Waals surface area contributed by atoms with Crippen LogP contribution in [0.4, 0.5) is 4.79 Å². The fourth-order valence-electron chi connectivity index (χ4n) is 2.49. The van der Waals surface area contributed by atoms with Crippen LogP contribution in [0.2, 0.25) is 0 Å². The second-order valence-electron chi connectivity index (χ2n) is 5.31. The summed E-state index contributed by atoms with van der Waals surface area (Å²) in [5.74, 6) is -0.796. The standard InChI is InChI=1S/C11H20N2O3/c1-11(2,3)13(10(15)16)8-6-4-5-7(8)9(12)14/h7-8H,4-6H2,1-3H3,(H2,12,14)(H,15,16)/p-1. The first-order valence-corrected chi connectivity index (χ1v) is 5.54. The maximum atomic E-state index is 11.2. The molecule has 0 heterocycles. The Morgan fingerprint density at radius 3 is 2.25 bits per heavy atom. The molecule has 2 unspecified atom stereocenters. The number of nitrogens with two attached hydrogens (primary N) is 1. The van der Waals surface area contributed by atoms with E-state index in [0.717, 1.165) is 6.42 Å². The molecule has 92 valence electrons. The lowest BCUT2D eigenvalue weighted by molar-refractivity contribution is -0.274. The highest BCUT2D eigenvalue weighted by Crippen LogP contribution is 2.33. The zero-order chi connectivity index (χ0) is 12.5. The third-order valence-corrected chi connectivity index (χ3v) is 3.10. The van der Waals surface area contributed by atoms with Crippen molar-refractivity contribution < 1.29 is 14.7 Å². The number of nitrogens with zero attached hydrogens (tertiary/aromatic N) is 1. The molecule has 0 aromatic heterocycles. The Morgan fingerprint density at radius 1 is 1.31 bits per heavy atom. The van der Waals surface area contributed by atoms with Crippen LogP contribution in [-0.2, 0) is 4.79 Å². The number of hydrogen-bond acceptors (Lipinski definition) is 3. The summed E-state index contributed by atoms with van der Waals surface area (Å²) >= 11 is 0. The van der Waals surface area contributed by atoms with Crippen LogP contribution in [0.5, 0.6) is 0 Å². The highest BCUT2D eigenvalue weighted by molar-refractivity contribution is 5.78. The zero-order valence-electron chi connectivity index (χ0n) is 10.0. The van der Waals surface area contributed by atoms with Gasteiger partial charge in [0, 0.05) is 11.6 Å². The number of amides is 2. The van der Waals surface area contributed by atoms with E-state index >= 15 is 0 Å². The number of hydrogen-bond donors (Lipinski definition) is 1. The Kier molecular flexibility index (Phi) is 3.45. The molecule has 0 aromatic carbocycles. The summed E-state index contributed by atoms with van der Waals surface area (Å²) in [6, 6.07) is -0.331. The molecular weight excluding hydrogens is 208 g/mol. The normalized spacial score (nSPS) is 25.4. The topological polar surface area (TPSA) is 86.5 Å². The lowest BCUT2D eigenvalue weighted by atomic mass is 9.96. The first kappa shape index (κ1) is 12.8. The maximum Gasteiger partial charge on any atom is 0.222 e. The molecular formula is C11H19N2O3-. The molecule has 1 fully saturated rings. The molecule has 0 saturated heterocycles. The Hall–Kier alpha value is -1.26. The molecule has 0 radical (unpaired) electrons. The van der Waals surface area contributed by atoms with Crippen molar-refractivity contribution in [2.24, 2.45) is 11.7 Å². The molecule has 0 spiro atoms. The molecule has 5 heteroatoms. The highest BCUT2D eigenvalue weighted by Gasteiger charge is 2.39. The average Bonchev–Trinajstić information content (AvgIpc) is 2.48. The Labute approximate surface area is 95.6 Å². The quantitative estimate of drug-likeness (QED) is 0.725. The van der Waals surface area contributed by atoms with Crippen LogP contribution in [0, 0.1) is 5.92 Å². The average molecular weight is 227 g/mol. The van der Waals surface area contributed by atoms with Gasteiger partial charge in [-0.05, 0) is 33.6 Å². The molecule has 0 bridgehead atoms. The SMILES string of the molecule is CC(C)(C)N(C(=O)[O-])C1CCCC1C(N)=O. The van der Waals surface area contributed by atoms with Crippen LogP contribution in [0.1, 0.15) is 40.0 Å². The van der Waals surface area contributed by atoms with Crippen molar-refractivity contribution >= 4 is 12.0 Å². The van der Waals surface area contributed by atoms with E-state index in [1.807, 2.05) is 0 Å². The summed E-state index contributed by atoms with van der Waals surface area (Å²) in [6.07, 6.45) is 0.947. The van der Waals surface area contributed by atoms with Gasteiger partial charge in [-0.1, -0.05) is 6.42 Å². The summed E-state index contributed by atoms with van der Waals surface area (Å²) in [5, 5.41) is 11.2. The summed E-state index contributed by atoms with van der Waals surface area (Å²) in [5.41, 5.74) is 4.72. The van der Waals surface area contributed by atoms with Gasteiger partial charge in [0.15, 0.2) is 0 Å². The maximum absolute atomic E-state index is 11.2. The number of carboxylic acid groups (broad SMARTS) is 1. The van der Waals surface area contributed by atoms with Crippen molar-refractivity contribution in [2.75, 3.05) is 0 Å². The van der Waals surface area contributed by atoms with Crippen molar-refractivity contribution in [3.05, 3.63) is 0 Å². The molecule has 0 aliphatic heterocycles. The molecule has 0 aromatic rings. The van der Waals surface area contributed by atoms with E-state index in [0.29, 0.717) is 12.8 Å². The molecule has 1 aliphatic carbocycles. The largest absolute Gasteiger partial charge is 0.530 e. The van der Waals surface area contributed by atoms with Crippen molar-refractivity contribution in [1.29, 1.82) is 0 Å². The third-order valence-electron chi connectivity index (χ3n) is 3.10. The molecule has 1 aliphatic rings. The van der Waals surface area contributed by atoms with Crippen LogP contribution < -0.4 is 10.8 Å². The molecule has 2 atom stereocenters. The van der Waals surface area contributed by atoms with Gasteiger partial charge >= 0.3 is 0 Å². The van der Waals surface area contributed by atoms with Crippen LogP contribution in [0.15, 0.2) is 0 Å². The molecule has 5 nitrogen and oxygen atoms in total. The number of carbonyl (C=O) groups is 2. The smallest absolute Gasteiger partial charge is 0.222 e. The van der Waals surface area contributed by atoms with Gasteiger partial charge < -0.3 is 20.5 Å². The van der Waals surface area contributed by atoms with E-state index < -0.39 is 17.5 Å². The highest BCUT2D eigenvalue weighted by atomic mass is 16.4. The number of carbonyl (C=O) groups excluding carboxylic acids is 2. The van der Waals surface area contributed by atoms with E-state index in [4.69, 9.17) is 5.73 Å². The Balaban J connectivity index is 2.95. The van der Waals surface area contributed by atoms with E-state index in [9.17, 15) is 14.7 Å². The van der Waals surface area contributed by atoms with Crippen LogP contribution in [0.3, 0.4) is 0 Å². The van der Waals surface area contributed by atoms with Gasteiger partial charge in [-0.2, -0.15) is 0 Å². The van der Waals surface area contributed by atoms with Crippen LogP contribution in [0.25, 0.3) is 0 Å². The van der Waals surface area contributed by atoms with Crippen molar-refractivity contribution in [3.8, 4) is 0 Å². The van der Waals surface area contributed by atoms with Gasteiger partial charge in [-0.3, -0.25) is 4.79 Å². The molecule has 1 rings (SSSR count). The first-order valence-electron chi connectivity index (χ1n) is 5.54. The van der Waals surface area contributed by atoms with E-state index in [1.54, 1.807) is 20.8 Å². The summed E-state index contributed by atoms with van der Waals surface area (Å²) in [6.45, 7) is 5.37. The summed E-state index contributed by atoms with van der Waals surface area (Å²) < 4.78 is 0. The van der Waals surface area contributed by atoms with E-state index in [1.165, 1.54) is 4.90 Å². The Bertz CT molecular complexity index is 296. The monoisotopic (exact) mass is 227 g/mol. The fraction of sp³-hybridized carbons (Fsp3) is 0.818. The predicted octanol–water partition coefficient (Wildman–Crippen LogP) is 0.0842. The van der Waals surface area contributed by atoms with E-state index in [2.05, 4.69) is 0 Å². The fourth-order valence-corrected chi connectivity index (χ4v) is 2.49.